The van der Waals surface area contributed by atoms with Crippen LogP contribution in [0.25, 0.3) is 10.8 Å². The molecule has 0 N–H and O–H groups in total. The van der Waals surface area contributed by atoms with Crippen molar-refractivity contribution in [1.29, 1.82) is 0 Å². The Morgan fingerprint density at radius 2 is 1.22 bits per heavy atom. The molecule has 0 unspecified atom stereocenters. The van der Waals surface area contributed by atoms with Crippen molar-refractivity contribution in [2.24, 2.45) is 0 Å². The second-order valence-corrected chi connectivity index (χ2v) is 5.14. The Hall–Kier alpha value is -1.30. The van der Waals surface area contributed by atoms with E-state index in [0.29, 0.717) is 0 Å². The quantitative estimate of drug-likeness (QED) is 0.623. The van der Waals surface area contributed by atoms with Gasteiger partial charge in [0.1, 0.15) is 0 Å². The Bertz CT molecular complexity index is 454. The van der Waals surface area contributed by atoms with Crippen molar-refractivity contribution >= 4 is 10.8 Å². The highest BCUT2D eigenvalue weighted by Gasteiger charge is 2.05. The molecule has 0 fully saturated rings. The second-order valence-electron chi connectivity index (χ2n) is 5.14. The first-order valence-electron chi connectivity index (χ1n) is 7.36. The number of hydrogen-bond donors (Lipinski definition) is 0. The highest BCUT2D eigenvalue weighted by Crippen LogP contribution is 2.25. The Morgan fingerprint density at radius 3 is 1.67 bits per heavy atom. The molecule has 0 aliphatic heterocycles. The molecule has 0 spiro atoms. The highest BCUT2D eigenvalue weighted by atomic mass is 14.1. The number of benzene rings is 2. The van der Waals surface area contributed by atoms with Crippen molar-refractivity contribution in [3.05, 3.63) is 47.5 Å². The molecule has 0 amide bonds. The Kier molecular flexibility index (Phi) is 4.81. The third-order valence-corrected chi connectivity index (χ3v) is 3.68. The minimum atomic E-state index is 1.22. The fourth-order valence-corrected chi connectivity index (χ4v) is 2.65. The summed E-state index contributed by atoms with van der Waals surface area (Å²) in [6, 6.07) is 13.5. The smallest absolute Gasteiger partial charge is 0.0120 e. The predicted molar refractivity (Wildman–Crippen MR) is 81.2 cm³/mol. The van der Waals surface area contributed by atoms with E-state index < -0.39 is 0 Å². The molecule has 0 heteroatoms. The molecule has 2 rings (SSSR count). The van der Waals surface area contributed by atoms with Crippen LogP contribution in [0.4, 0.5) is 0 Å². The zero-order valence-electron chi connectivity index (χ0n) is 11.7. The first kappa shape index (κ1) is 13.1. The molecule has 0 bridgehead atoms. The minimum Gasteiger partial charge on any atom is -0.0654 e. The van der Waals surface area contributed by atoms with E-state index in [9.17, 15) is 0 Å². The van der Waals surface area contributed by atoms with Gasteiger partial charge in [0.2, 0.25) is 0 Å². The lowest BCUT2D eigenvalue weighted by molar-refractivity contribution is 0.789. The van der Waals surface area contributed by atoms with Gasteiger partial charge in [0.15, 0.2) is 0 Å². The molecule has 0 heterocycles. The summed E-state index contributed by atoms with van der Waals surface area (Å²) >= 11 is 0. The fraction of sp³-hybridized carbons (Fsp3) is 0.444. The van der Waals surface area contributed by atoms with Crippen molar-refractivity contribution in [2.75, 3.05) is 0 Å². The largest absolute Gasteiger partial charge is 0.0654 e. The number of aryl methyl sites for hydroxylation is 2. The monoisotopic (exact) mass is 240 g/mol. The molecule has 0 radical (unpaired) electrons. The van der Waals surface area contributed by atoms with E-state index in [2.05, 4.69) is 50.2 Å². The van der Waals surface area contributed by atoms with Crippen LogP contribution in [-0.2, 0) is 12.8 Å². The van der Waals surface area contributed by atoms with E-state index >= 15 is 0 Å². The standard InChI is InChI=1S/C18H24/c1-3-5-9-15-11-7-13-17-14-8-12-16(18(15)17)10-6-4-2/h7-8,11-14H,3-6,9-10H2,1-2H3. The van der Waals surface area contributed by atoms with Crippen molar-refractivity contribution in [3.63, 3.8) is 0 Å². The lowest BCUT2D eigenvalue weighted by Crippen LogP contribution is -1.93. The SMILES string of the molecule is CCCCc1cccc2cccc(CCCC)c12. The van der Waals surface area contributed by atoms with E-state index in [1.807, 2.05) is 0 Å². The third kappa shape index (κ3) is 2.93. The molecule has 0 saturated heterocycles. The lowest BCUT2D eigenvalue weighted by atomic mass is 9.94. The molecular weight excluding hydrogens is 216 g/mol. The maximum atomic E-state index is 2.31. The zero-order valence-corrected chi connectivity index (χ0v) is 11.7. The van der Waals surface area contributed by atoms with Crippen LogP contribution in [0, 0.1) is 0 Å². The average Bonchev–Trinajstić information content (AvgIpc) is 2.42. The van der Waals surface area contributed by atoms with Gasteiger partial charge in [0.05, 0.1) is 0 Å². The van der Waals surface area contributed by atoms with Gasteiger partial charge in [-0.05, 0) is 47.6 Å². The molecule has 2 aromatic rings. The average molecular weight is 240 g/mol. The normalized spacial score (nSPS) is 11.0. The van der Waals surface area contributed by atoms with Crippen LogP contribution in [0.3, 0.4) is 0 Å². The van der Waals surface area contributed by atoms with Crippen LogP contribution >= 0.6 is 0 Å². The van der Waals surface area contributed by atoms with E-state index in [1.54, 1.807) is 11.1 Å². The summed E-state index contributed by atoms with van der Waals surface area (Å²) in [5.74, 6) is 0. The van der Waals surface area contributed by atoms with E-state index in [-0.39, 0.29) is 0 Å². The highest BCUT2D eigenvalue weighted by molar-refractivity contribution is 5.88. The zero-order chi connectivity index (χ0) is 12.8. The van der Waals surface area contributed by atoms with Crippen LogP contribution in [0.5, 0.6) is 0 Å². The Labute approximate surface area is 111 Å². The minimum absolute atomic E-state index is 1.22. The van der Waals surface area contributed by atoms with Crippen LogP contribution in [0.1, 0.15) is 50.7 Å². The molecule has 0 aliphatic rings. The molecule has 96 valence electrons. The first-order chi connectivity index (χ1) is 8.86. The maximum absolute atomic E-state index is 2.31. The van der Waals surface area contributed by atoms with E-state index in [1.165, 1.54) is 49.3 Å². The number of fused-ring (bicyclic) bond motifs is 1. The molecule has 2 aromatic carbocycles. The van der Waals surface area contributed by atoms with Crippen LogP contribution in [-0.4, -0.2) is 0 Å². The summed E-state index contributed by atoms with van der Waals surface area (Å²) in [6.45, 7) is 4.53. The molecular formula is C18H24. The summed E-state index contributed by atoms with van der Waals surface area (Å²) in [5.41, 5.74) is 3.09. The van der Waals surface area contributed by atoms with E-state index in [4.69, 9.17) is 0 Å². The summed E-state index contributed by atoms with van der Waals surface area (Å²) in [4.78, 5) is 0. The summed E-state index contributed by atoms with van der Waals surface area (Å²) in [5, 5.41) is 2.94. The van der Waals surface area contributed by atoms with Gasteiger partial charge in [-0.15, -0.1) is 0 Å². The van der Waals surface area contributed by atoms with Gasteiger partial charge < -0.3 is 0 Å². The molecule has 0 nitrogen and oxygen atoms in total. The van der Waals surface area contributed by atoms with Gasteiger partial charge in [-0.2, -0.15) is 0 Å². The van der Waals surface area contributed by atoms with Gasteiger partial charge in [-0.1, -0.05) is 63.1 Å². The van der Waals surface area contributed by atoms with Crippen molar-refractivity contribution < 1.29 is 0 Å². The van der Waals surface area contributed by atoms with Crippen molar-refractivity contribution in [1.82, 2.24) is 0 Å². The van der Waals surface area contributed by atoms with Crippen molar-refractivity contribution in [2.45, 2.75) is 52.4 Å². The number of rotatable bonds is 6. The molecule has 18 heavy (non-hydrogen) atoms. The first-order valence-corrected chi connectivity index (χ1v) is 7.36. The van der Waals surface area contributed by atoms with Gasteiger partial charge in [-0.3, -0.25) is 0 Å². The number of unbranched alkanes of at least 4 members (excludes halogenated alkanes) is 2. The van der Waals surface area contributed by atoms with Crippen LogP contribution in [0.2, 0.25) is 0 Å². The van der Waals surface area contributed by atoms with Gasteiger partial charge in [-0.25, -0.2) is 0 Å². The predicted octanol–water partition coefficient (Wildman–Crippen LogP) is 5.53. The lowest BCUT2D eigenvalue weighted by Gasteiger charge is -2.11. The fourth-order valence-electron chi connectivity index (χ4n) is 2.65. The van der Waals surface area contributed by atoms with Gasteiger partial charge in [0.25, 0.3) is 0 Å². The van der Waals surface area contributed by atoms with Gasteiger partial charge >= 0.3 is 0 Å². The van der Waals surface area contributed by atoms with Gasteiger partial charge in [0, 0.05) is 0 Å². The molecule has 0 saturated carbocycles. The topological polar surface area (TPSA) is 0 Å². The summed E-state index contributed by atoms with van der Waals surface area (Å²) in [7, 11) is 0. The van der Waals surface area contributed by atoms with Crippen LogP contribution < -0.4 is 0 Å². The summed E-state index contributed by atoms with van der Waals surface area (Å²) < 4.78 is 0. The molecule has 0 aromatic heterocycles. The van der Waals surface area contributed by atoms with Crippen LogP contribution in [0.15, 0.2) is 36.4 Å². The summed E-state index contributed by atoms with van der Waals surface area (Å²) in [6.07, 6.45) is 7.57. The second kappa shape index (κ2) is 6.58. The molecule has 0 aliphatic carbocycles. The number of hydrogen-bond acceptors (Lipinski definition) is 0. The maximum Gasteiger partial charge on any atom is -0.0120 e. The Morgan fingerprint density at radius 1 is 0.722 bits per heavy atom. The molecule has 0 atom stereocenters. The Balaban J connectivity index is 2.42. The van der Waals surface area contributed by atoms with E-state index in [0.717, 1.165) is 0 Å². The van der Waals surface area contributed by atoms with Crippen molar-refractivity contribution in [3.8, 4) is 0 Å². The third-order valence-electron chi connectivity index (χ3n) is 3.68.